The molecule has 0 radical (unpaired) electrons. The molecule has 0 aliphatic heterocycles. The number of Topliss-reactive ketones (excluding diaryl/α,β-unsaturated/α-hetero) is 2. The first-order valence-electron chi connectivity index (χ1n) is 7.80. The van der Waals surface area contributed by atoms with Gasteiger partial charge in [-0.2, -0.15) is 13.2 Å². The molecule has 0 heterocycles. The van der Waals surface area contributed by atoms with Gasteiger partial charge in [-0.25, -0.2) is 0 Å². The highest BCUT2D eigenvalue weighted by atomic mass is 19.4. The molecule has 0 spiro atoms. The summed E-state index contributed by atoms with van der Waals surface area (Å²) in [7, 11) is 0. The van der Waals surface area contributed by atoms with Crippen molar-refractivity contribution < 1.29 is 22.8 Å². The van der Waals surface area contributed by atoms with Gasteiger partial charge in [0.2, 0.25) is 0 Å². The third kappa shape index (κ3) is 6.03. The fraction of sp³-hybridized carbons (Fsp3) is 0.200. The van der Waals surface area contributed by atoms with Crippen LogP contribution in [0.2, 0.25) is 0 Å². The van der Waals surface area contributed by atoms with E-state index in [0.29, 0.717) is 17.5 Å². The normalized spacial score (nSPS) is 11.6. The Kier molecular flexibility index (Phi) is 6.28. The number of hydrogen-bond acceptors (Lipinski definition) is 2. The summed E-state index contributed by atoms with van der Waals surface area (Å²) < 4.78 is 37.4. The van der Waals surface area contributed by atoms with E-state index in [0.717, 1.165) is 12.1 Å². The average molecular weight is 346 g/mol. The highest BCUT2D eigenvalue weighted by Gasteiger charge is 2.29. The maximum absolute atomic E-state index is 12.5. The van der Waals surface area contributed by atoms with Crippen LogP contribution in [0, 0.1) is 0 Å². The van der Waals surface area contributed by atoms with Crippen LogP contribution in [0.4, 0.5) is 13.2 Å². The summed E-state index contributed by atoms with van der Waals surface area (Å²) in [5, 5.41) is 0. The zero-order chi connectivity index (χ0) is 18.3. The van der Waals surface area contributed by atoms with Gasteiger partial charge < -0.3 is 0 Å². The van der Waals surface area contributed by atoms with Gasteiger partial charge >= 0.3 is 6.18 Å². The molecule has 2 nitrogen and oxygen atoms in total. The standard InChI is InChI=1S/C20H17F3O2/c21-20(22,23)17-12-10-15(11-13-17)6-4-5-9-18(24)14-19(25)16-7-2-1-3-8-16/h1-4,6-8,10-13H,5,9,14H2/b6-4+. The Hall–Kier alpha value is -2.69. The van der Waals surface area contributed by atoms with Crippen LogP contribution in [-0.4, -0.2) is 11.6 Å². The molecule has 0 bridgehead atoms. The first kappa shape index (κ1) is 18.6. The third-order valence-corrected chi connectivity index (χ3v) is 3.59. The number of carbonyl (C=O) groups is 2. The molecule has 0 N–H and O–H groups in total. The lowest BCUT2D eigenvalue weighted by atomic mass is 10.0. The number of benzene rings is 2. The molecular weight excluding hydrogens is 329 g/mol. The summed E-state index contributed by atoms with van der Waals surface area (Å²) in [4.78, 5) is 23.7. The van der Waals surface area contributed by atoms with Crippen molar-refractivity contribution in [2.24, 2.45) is 0 Å². The van der Waals surface area contributed by atoms with Crippen molar-refractivity contribution in [3.63, 3.8) is 0 Å². The molecule has 130 valence electrons. The van der Waals surface area contributed by atoms with Gasteiger partial charge in [0.25, 0.3) is 0 Å². The van der Waals surface area contributed by atoms with E-state index in [-0.39, 0.29) is 24.4 Å². The number of halogens is 3. The molecule has 0 unspecified atom stereocenters. The summed E-state index contributed by atoms with van der Waals surface area (Å²) >= 11 is 0. The first-order chi connectivity index (χ1) is 11.9. The van der Waals surface area contributed by atoms with E-state index in [1.807, 2.05) is 0 Å². The van der Waals surface area contributed by atoms with Crippen molar-refractivity contribution in [1.29, 1.82) is 0 Å². The van der Waals surface area contributed by atoms with Gasteiger partial charge in [-0.1, -0.05) is 54.6 Å². The van der Waals surface area contributed by atoms with E-state index >= 15 is 0 Å². The van der Waals surface area contributed by atoms with Crippen LogP contribution in [0.3, 0.4) is 0 Å². The van der Waals surface area contributed by atoms with E-state index in [1.54, 1.807) is 42.5 Å². The van der Waals surface area contributed by atoms with E-state index in [4.69, 9.17) is 0 Å². The van der Waals surface area contributed by atoms with E-state index in [1.165, 1.54) is 12.1 Å². The van der Waals surface area contributed by atoms with Crippen molar-refractivity contribution in [2.75, 3.05) is 0 Å². The maximum atomic E-state index is 12.5. The Labute approximate surface area is 144 Å². The molecule has 2 aromatic rings. The molecule has 0 atom stereocenters. The molecule has 2 aromatic carbocycles. The Morgan fingerprint density at radius 3 is 2.16 bits per heavy atom. The van der Waals surface area contributed by atoms with Crippen molar-refractivity contribution in [3.05, 3.63) is 77.4 Å². The maximum Gasteiger partial charge on any atom is 0.416 e. The van der Waals surface area contributed by atoms with Crippen molar-refractivity contribution in [2.45, 2.75) is 25.4 Å². The zero-order valence-electron chi connectivity index (χ0n) is 13.4. The fourth-order valence-corrected chi connectivity index (χ4v) is 2.24. The molecule has 0 amide bonds. The topological polar surface area (TPSA) is 34.1 Å². The van der Waals surface area contributed by atoms with Crippen LogP contribution in [-0.2, 0) is 11.0 Å². The second kappa shape index (κ2) is 8.42. The largest absolute Gasteiger partial charge is 0.416 e. The molecule has 0 aliphatic rings. The number of alkyl halides is 3. The van der Waals surface area contributed by atoms with Crippen molar-refractivity contribution in [1.82, 2.24) is 0 Å². The van der Waals surface area contributed by atoms with Gasteiger partial charge in [-0.15, -0.1) is 0 Å². The van der Waals surface area contributed by atoms with Gasteiger partial charge in [-0.05, 0) is 24.1 Å². The van der Waals surface area contributed by atoms with Crippen LogP contribution in [0.5, 0.6) is 0 Å². The van der Waals surface area contributed by atoms with Crippen LogP contribution in [0.25, 0.3) is 6.08 Å². The van der Waals surface area contributed by atoms with Gasteiger partial charge in [0.15, 0.2) is 5.78 Å². The van der Waals surface area contributed by atoms with Crippen LogP contribution in [0.1, 0.15) is 40.7 Å². The third-order valence-electron chi connectivity index (χ3n) is 3.59. The highest BCUT2D eigenvalue weighted by Crippen LogP contribution is 2.29. The Bertz CT molecular complexity index is 745. The smallest absolute Gasteiger partial charge is 0.299 e. The van der Waals surface area contributed by atoms with Crippen molar-refractivity contribution >= 4 is 17.6 Å². The van der Waals surface area contributed by atoms with Gasteiger partial charge in [-0.3, -0.25) is 9.59 Å². The molecule has 0 saturated heterocycles. The first-order valence-corrected chi connectivity index (χ1v) is 7.80. The van der Waals surface area contributed by atoms with Gasteiger partial charge in [0.05, 0.1) is 12.0 Å². The molecule has 2 rings (SSSR count). The molecule has 25 heavy (non-hydrogen) atoms. The number of hydrogen-bond donors (Lipinski definition) is 0. The van der Waals surface area contributed by atoms with Gasteiger partial charge in [0, 0.05) is 12.0 Å². The van der Waals surface area contributed by atoms with E-state index < -0.39 is 11.7 Å². The highest BCUT2D eigenvalue weighted by molar-refractivity contribution is 6.07. The predicted molar refractivity (Wildman–Crippen MR) is 90.1 cm³/mol. The lowest BCUT2D eigenvalue weighted by Gasteiger charge is -2.05. The predicted octanol–water partition coefficient (Wildman–Crippen LogP) is 5.34. The Morgan fingerprint density at radius 2 is 1.56 bits per heavy atom. The minimum absolute atomic E-state index is 0.141. The monoisotopic (exact) mass is 346 g/mol. The minimum Gasteiger partial charge on any atom is -0.299 e. The minimum atomic E-state index is -4.35. The number of allylic oxidation sites excluding steroid dienone is 1. The fourth-order valence-electron chi connectivity index (χ4n) is 2.24. The quantitative estimate of drug-likeness (QED) is 0.501. The Morgan fingerprint density at radius 1 is 0.920 bits per heavy atom. The summed E-state index contributed by atoms with van der Waals surface area (Å²) in [6.45, 7) is 0. The lowest BCUT2D eigenvalue weighted by Crippen LogP contribution is -2.07. The second-order valence-corrected chi connectivity index (χ2v) is 5.57. The number of rotatable bonds is 7. The summed E-state index contributed by atoms with van der Waals surface area (Å²) in [6.07, 6.45) is -0.463. The number of carbonyl (C=O) groups excluding carboxylic acids is 2. The Balaban J connectivity index is 1.79. The lowest BCUT2D eigenvalue weighted by molar-refractivity contribution is -0.137. The van der Waals surface area contributed by atoms with E-state index in [2.05, 4.69) is 0 Å². The molecule has 0 saturated carbocycles. The molecule has 0 fully saturated rings. The van der Waals surface area contributed by atoms with Crippen molar-refractivity contribution in [3.8, 4) is 0 Å². The average Bonchev–Trinajstić information content (AvgIpc) is 2.59. The molecule has 5 heteroatoms. The van der Waals surface area contributed by atoms with Gasteiger partial charge in [0.1, 0.15) is 5.78 Å². The number of ketones is 2. The summed E-state index contributed by atoms with van der Waals surface area (Å²) in [5.41, 5.74) is 0.441. The molecular formula is C20H17F3O2. The zero-order valence-corrected chi connectivity index (χ0v) is 13.4. The SMILES string of the molecule is O=C(CC/C=C/c1ccc(C(F)(F)F)cc1)CC(=O)c1ccccc1. The van der Waals surface area contributed by atoms with E-state index in [9.17, 15) is 22.8 Å². The summed E-state index contributed by atoms with van der Waals surface area (Å²) in [5.74, 6) is -0.372. The van der Waals surface area contributed by atoms with Crippen LogP contribution >= 0.6 is 0 Å². The molecule has 0 aromatic heterocycles. The second-order valence-electron chi connectivity index (χ2n) is 5.57. The van der Waals surface area contributed by atoms with Crippen LogP contribution < -0.4 is 0 Å². The van der Waals surface area contributed by atoms with Crippen LogP contribution in [0.15, 0.2) is 60.7 Å². The summed E-state index contributed by atoms with van der Waals surface area (Å²) in [6, 6.07) is 13.4. The molecule has 0 aliphatic carbocycles.